The molecule has 1 fully saturated rings. The first-order chi connectivity index (χ1) is 6.96. The average molecular weight is 287 g/mol. The first-order valence-corrected chi connectivity index (χ1v) is 11.9. The second-order valence-corrected chi connectivity index (χ2v) is 13.5. The second-order valence-electron chi connectivity index (χ2n) is 4.87. The van der Waals surface area contributed by atoms with Gasteiger partial charge in [-0.25, -0.2) is 8.42 Å². The van der Waals surface area contributed by atoms with E-state index >= 15 is 0 Å². The minimum absolute atomic E-state index is 0.105. The molecule has 1 aliphatic rings. The van der Waals surface area contributed by atoms with Crippen molar-refractivity contribution in [2.24, 2.45) is 0 Å². The van der Waals surface area contributed by atoms with Crippen LogP contribution in [0.2, 0.25) is 0 Å². The van der Waals surface area contributed by atoms with E-state index in [0.717, 1.165) is 0 Å². The molecule has 0 bridgehead atoms. The van der Waals surface area contributed by atoms with Crippen LogP contribution in [0.15, 0.2) is 0 Å². The summed E-state index contributed by atoms with van der Waals surface area (Å²) < 4.78 is 49.1. The highest BCUT2D eigenvalue weighted by Gasteiger charge is 2.45. The minimum atomic E-state index is -3.27. The zero-order valence-electron chi connectivity index (χ0n) is 10.1. The topological polar surface area (TPSA) is 71.5 Å². The normalized spacial score (nSPS) is 26.2. The van der Waals surface area contributed by atoms with Crippen molar-refractivity contribution in [3.8, 4) is 0 Å². The van der Waals surface area contributed by atoms with Gasteiger partial charge in [-0.2, -0.15) is 4.44 Å². The standard InChI is InChI=1S/C8H19NO4P2S/c1-14(2,10)9(15(3,4)11)8-6-5-7-16(8,12)13/h8H,5-7H2,1-4H3. The van der Waals surface area contributed by atoms with Crippen LogP contribution in [0.25, 0.3) is 0 Å². The van der Waals surface area contributed by atoms with Crippen molar-refractivity contribution >= 4 is 24.4 Å². The largest absolute Gasteiger partial charge is 0.307 e. The molecule has 96 valence electrons. The molecule has 0 amide bonds. The maximum Gasteiger partial charge on any atom is 0.167 e. The molecule has 0 saturated carbocycles. The Morgan fingerprint density at radius 2 is 1.50 bits per heavy atom. The zero-order chi connectivity index (χ0) is 12.8. The van der Waals surface area contributed by atoms with Crippen molar-refractivity contribution in [2.45, 2.75) is 18.2 Å². The van der Waals surface area contributed by atoms with Gasteiger partial charge in [0.15, 0.2) is 24.4 Å². The van der Waals surface area contributed by atoms with E-state index in [1.807, 2.05) is 0 Å². The third-order valence-electron chi connectivity index (χ3n) is 2.54. The highest BCUT2D eigenvalue weighted by atomic mass is 32.2. The average Bonchev–Trinajstić information content (AvgIpc) is 2.24. The summed E-state index contributed by atoms with van der Waals surface area (Å²) in [4.78, 5) is 0. The summed E-state index contributed by atoms with van der Waals surface area (Å²) in [6.07, 6.45) is 0.989. The molecule has 0 aromatic heterocycles. The van der Waals surface area contributed by atoms with Crippen molar-refractivity contribution in [1.82, 2.24) is 4.44 Å². The Balaban J connectivity index is 3.25. The van der Waals surface area contributed by atoms with Crippen molar-refractivity contribution in [2.75, 3.05) is 32.4 Å². The number of nitrogens with zero attached hydrogens (tertiary/aromatic N) is 1. The Morgan fingerprint density at radius 3 is 1.75 bits per heavy atom. The molecule has 8 heteroatoms. The summed E-state index contributed by atoms with van der Waals surface area (Å²) in [7, 11) is -8.94. The van der Waals surface area contributed by atoms with E-state index in [-0.39, 0.29) is 5.75 Å². The van der Waals surface area contributed by atoms with Crippen LogP contribution in [0, 0.1) is 0 Å². The van der Waals surface area contributed by atoms with Crippen molar-refractivity contribution in [1.29, 1.82) is 0 Å². The minimum Gasteiger partial charge on any atom is -0.307 e. The van der Waals surface area contributed by atoms with Gasteiger partial charge in [-0.3, -0.25) is 0 Å². The highest BCUT2D eigenvalue weighted by Crippen LogP contribution is 2.62. The van der Waals surface area contributed by atoms with E-state index in [4.69, 9.17) is 0 Å². The first kappa shape index (κ1) is 14.4. The molecule has 1 saturated heterocycles. The first-order valence-electron chi connectivity index (χ1n) is 5.08. The van der Waals surface area contributed by atoms with Gasteiger partial charge in [0.05, 0.1) is 5.75 Å². The lowest BCUT2D eigenvalue weighted by Crippen LogP contribution is -2.33. The van der Waals surface area contributed by atoms with Crippen LogP contribution >= 0.6 is 14.6 Å². The molecule has 0 aromatic rings. The number of hydrogen-bond acceptors (Lipinski definition) is 4. The summed E-state index contributed by atoms with van der Waals surface area (Å²) in [5.74, 6) is 0.105. The quantitative estimate of drug-likeness (QED) is 0.741. The molecular formula is C8H19NO4P2S. The Labute approximate surface area is 97.4 Å². The number of rotatable bonds is 3. The van der Waals surface area contributed by atoms with Crippen LogP contribution < -0.4 is 0 Å². The fourth-order valence-electron chi connectivity index (χ4n) is 2.17. The maximum absolute atomic E-state index is 12.1. The number of sulfone groups is 1. The van der Waals surface area contributed by atoms with E-state index < -0.39 is 29.8 Å². The zero-order valence-corrected chi connectivity index (χ0v) is 12.7. The summed E-state index contributed by atoms with van der Waals surface area (Å²) in [5.41, 5.74) is 0. The van der Waals surface area contributed by atoms with Crippen LogP contribution in [0.3, 0.4) is 0 Å². The van der Waals surface area contributed by atoms with E-state index in [9.17, 15) is 17.5 Å². The summed E-state index contributed by atoms with van der Waals surface area (Å²) in [5, 5.41) is -0.825. The highest BCUT2D eigenvalue weighted by molar-refractivity contribution is 7.93. The lowest BCUT2D eigenvalue weighted by molar-refractivity contribution is 0.473. The lowest BCUT2D eigenvalue weighted by atomic mass is 10.3. The van der Waals surface area contributed by atoms with E-state index in [0.29, 0.717) is 12.8 Å². The molecule has 0 aromatic carbocycles. The second kappa shape index (κ2) is 4.24. The monoisotopic (exact) mass is 287 g/mol. The molecule has 16 heavy (non-hydrogen) atoms. The van der Waals surface area contributed by atoms with E-state index in [1.165, 1.54) is 31.1 Å². The van der Waals surface area contributed by atoms with Gasteiger partial charge in [-0.15, -0.1) is 0 Å². The Hall–Kier alpha value is 0.370. The summed E-state index contributed by atoms with van der Waals surface area (Å²) >= 11 is 0. The van der Waals surface area contributed by atoms with Crippen LogP contribution in [0.5, 0.6) is 0 Å². The molecule has 1 heterocycles. The van der Waals surface area contributed by atoms with Gasteiger partial charge in [0.25, 0.3) is 0 Å². The molecule has 5 nitrogen and oxygen atoms in total. The van der Waals surface area contributed by atoms with E-state index in [1.54, 1.807) is 0 Å². The van der Waals surface area contributed by atoms with Gasteiger partial charge >= 0.3 is 0 Å². The molecule has 1 rings (SSSR count). The molecule has 1 unspecified atom stereocenters. The smallest absolute Gasteiger partial charge is 0.167 e. The van der Waals surface area contributed by atoms with Crippen LogP contribution in [-0.4, -0.2) is 50.6 Å². The molecule has 0 spiro atoms. The van der Waals surface area contributed by atoms with Gasteiger partial charge in [-0.05, 0) is 12.8 Å². The molecule has 0 N–H and O–H groups in total. The molecular weight excluding hydrogens is 268 g/mol. The third-order valence-corrected chi connectivity index (χ3v) is 10.1. The molecule has 0 aliphatic carbocycles. The fourth-order valence-corrected chi connectivity index (χ4v) is 11.7. The van der Waals surface area contributed by atoms with Crippen LogP contribution in [0.4, 0.5) is 0 Å². The summed E-state index contributed by atoms with van der Waals surface area (Å²) in [6.45, 7) is 5.89. The Bertz CT molecular complexity index is 438. The van der Waals surface area contributed by atoms with Gasteiger partial charge in [0, 0.05) is 26.7 Å². The van der Waals surface area contributed by atoms with Crippen molar-refractivity contribution in [3.05, 3.63) is 0 Å². The van der Waals surface area contributed by atoms with Crippen molar-refractivity contribution in [3.63, 3.8) is 0 Å². The predicted molar refractivity (Wildman–Crippen MR) is 67.6 cm³/mol. The molecule has 0 radical (unpaired) electrons. The van der Waals surface area contributed by atoms with Gasteiger partial charge in [-0.1, -0.05) is 0 Å². The molecule has 1 atom stereocenters. The lowest BCUT2D eigenvalue weighted by Gasteiger charge is -2.34. The Morgan fingerprint density at radius 1 is 1.06 bits per heavy atom. The van der Waals surface area contributed by atoms with E-state index in [2.05, 4.69) is 0 Å². The van der Waals surface area contributed by atoms with Crippen LogP contribution in [-0.2, 0) is 19.0 Å². The Kier molecular flexibility index (Phi) is 3.82. The van der Waals surface area contributed by atoms with Gasteiger partial charge in [0.2, 0.25) is 0 Å². The predicted octanol–water partition coefficient (Wildman–Crippen LogP) is 1.90. The van der Waals surface area contributed by atoms with Gasteiger partial charge < -0.3 is 9.13 Å². The van der Waals surface area contributed by atoms with Crippen LogP contribution in [0.1, 0.15) is 12.8 Å². The van der Waals surface area contributed by atoms with Crippen molar-refractivity contribution < 1.29 is 17.5 Å². The molecule has 1 aliphatic heterocycles. The van der Waals surface area contributed by atoms with Gasteiger partial charge in [0.1, 0.15) is 5.37 Å². The third kappa shape index (κ3) is 2.98. The number of hydrogen-bond donors (Lipinski definition) is 0. The SMILES string of the molecule is CP(C)(=O)N(C1CCCS1(=O)=O)P(C)(C)=O. The summed E-state index contributed by atoms with van der Waals surface area (Å²) in [6, 6.07) is 0. The fraction of sp³-hybridized carbons (Fsp3) is 1.00. The maximum atomic E-state index is 12.1.